The van der Waals surface area contributed by atoms with Crippen LogP contribution in [0.4, 0.5) is 0 Å². The van der Waals surface area contributed by atoms with Gasteiger partial charge in [0.25, 0.3) is 0 Å². The van der Waals surface area contributed by atoms with E-state index in [0.29, 0.717) is 13.2 Å². The summed E-state index contributed by atoms with van der Waals surface area (Å²) < 4.78 is 6.97. The molecule has 0 aliphatic heterocycles. The van der Waals surface area contributed by atoms with Crippen molar-refractivity contribution in [1.82, 2.24) is 15.1 Å². The van der Waals surface area contributed by atoms with Crippen LogP contribution in [0.25, 0.3) is 0 Å². The molecule has 1 N–H and O–H groups in total. The molecule has 0 fully saturated rings. The smallest absolute Gasteiger partial charge is 0.245 e. The molecule has 0 aromatic carbocycles. The second-order valence-electron chi connectivity index (χ2n) is 3.99. The number of carbonyl (C=O) groups is 1. The first kappa shape index (κ1) is 13.7. The van der Waals surface area contributed by atoms with E-state index in [1.165, 1.54) is 0 Å². The predicted molar refractivity (Wildman–Crippen MR) is 65.8 cm³/mol. The number of aromatic nitrogens is 2. The number of carbonyl (C=O) groups excluding carboxylic acids is 1. The Morgan fingerprint density at radius 2 is 2.29 bits per heavy atom. The van der Waals surface area contributed by atoms with Gasteiger partial charge in [-0.05, 0) is 33.3 Å². The Hall–Kier alpha value is -1.36. The Bertz CT molecular complexity index is 361. The molecular weight excluding hydrogens is 218 g/mol. The van der Waals surface area contributed by atoms with Crippen molar-refractivity contribution in [3.8, 4) is 0 Å². The van der Waals surface area contributed by atoms with Gasteiger partial charge in [0.15, 0.2) is 0 Å². The zero-order valence-electron chi connectivity index (χ0n) is 10.8. The Morgan fingerprint density at radius 3 is 2.88 bits per heavy atom. The maximum absolute atomic E-state index is 11.2. The fraction of sp³-hybridized carbons (Fsp3) is 0.667. The van der Waals surface area contributed by atoms with Crippen LogP contribution in [0.3, 0.4) is 0 Å². The lowest BCUT2D eigenvalue weighted by Gasteiger charge is -2.06. The summed E-state index contributed by atoms with van der Waals surface area (Å²) in [4.78, 5) is 11.2. The maximum Gasteiger partial charge on any atom is 0.245 e. The topological polar surface area (TPSA) is 56.1 Å². The monoisotopic (exact) mass is 239 g/mol. The second kappa shape index (κ2) is 7.06. The van der Waals surface area contributed by atoms with Gasteiger partial charge in [-0.15, -0.1) is 0 Å². The molecule has 0 radical (unpaired) electrons. The van der Waals surface area contributed by atoms with Gasteiger partial charge in [-0.3, -0.25) is 9.48 Å². The van der Waals surface area contributed by atoms with Crippen molar-refractivity contribution in [3.05, 3.63) is 17.5 Å². The van der Waals surface area contributed by atoms with Crippen molar-refractivity contribution in [2.45, 2.75) is 33.7 Å². The van der Waals surface area contributed by atoms with E-state index >= 15 is 0 Å². The van der Waals surface area contributed by atoms with E-state index in [9.17, 15) is 4.79 Å². The predicted octanol–water partition coefficient (Wildman–Crippen LogP) is 1.04. The Labute approximate surface area is 102 Å². The summed E-state index contributed by atoms with van der Waals surface area (Å²) >= 11 is 0. The first-order chi connectivity index (χ1) is 8.13. The number of rotatable bonds is 7. The number of nitrogens with one attached hydrogen (secondary N) is 1. The number of nitrogens with zero attached hydrogens (tertiary/aromatic N) is 2. The lowest BCUT2D eigenvalue weighted by atomic mass is 10.4. The van der Waals surface area contributed by atoms with Gasteiger partial charge in [-0.25, -0.2) is 0 Å². The van der Waals surface area contributed by atoms with Crippen molar-refractivity contribution < 1.29 is 9.53 Å². The van der Waals surface area contributed by atoms with E-state index in [2.05, 4.69) is 10.4 Å². The number of hydrogen-bond donors (Lipinski definition) is 1. The summed E-state index contributed by atoms with van der Waals surface area (Å²) in [5.41, 5.74) is 2.19. The zero-order valence-corrected chi connectivity index (χ0v) is 10.8. The standard InChI is InChI=1S/C12H21N3O2/c1-4-17-9-12(16)13-6-5-7-15-11(3)8-10(2)14-15/h8H,4-7,9H2,1-3H3,(H,13,16). The van der Waals surface area contributed by atoms with Crippen LogP contribution in [0.15, 0.2) is 6.07 Å². The van der Waals surface area contributed by atoms with Crippen molar-refractivity contribution in [2.24, 2.45) is 0 Å². The van der Waals surface area contributed by atoms with Gasteiger partial charge >= 0.3 is 0 Å². The molecule has 17 heavy (non-hydrogen) atoms. The third kappa shape index (κ3) is 4.99. The van der Waals surface area contributed by atoms with E-state index in [4.69, 9.17) is 4.74 Å². The lowest BCUT2D eigenvalue weighted by Crippen LogP contribution is -2.29. The van der Waals surface area contributed by atoms with E-state index in [1.54, 1.807) is 0 Å². The normalized spacial score (nSPS) is 10.5. The molecule has 1 rings (SSSR count). The highest BCUT2D eigenvalue weighted by Gasteiger charge is 2.02. The maximum atomic E-state index is 11.2. The average Bonchev–Trinajstić information content (AvgIpc) is 2.60. The minimum Gasteiger partial charge on any atom is -0.372 e. The van der Waals surface area contributed by atoms with Crippen LogP contribution in [0.2, 0.25) is 0 Å². The van der Waals surface area contributed by atoms with Gasteiger partial charge in [0.1, 0.15) is 6.61 Å². The molecule has 0 unspecified atom stereocenters. The number of ether oxygens (including phenoxy) is 1. The largest absolute Gasteiger partial charge is 0.372 e. The first-order valence-electron chi connectivity index (χ1n) is 5.99. The summed E-state index contributed by atoms with van der Waals surface area (Å²) in [6, 6.07) is 2.05. The molecule has 1 aromatic rings. The van der Waals surface area contributed by atoms with Crippen molar-refractivity contribution in [2.75, 3.05) is 19.8 Å². The Balaban J connectivity index is 2.16. The summed E-state index contributed by atoms with van der Waals surface area (Å²) in [6.07, 6.45) is 0.875. The molecule has 5 heteroatoms. The third-order valence-electron chi connectivity index (χ3n) is 2.41. The van der Waals surface area contributed by atoms with Crippen LogP contribution in [-0.2, 0) is 16.1 Å². The molecule has 1 aromatic heterocycles. The van der Waals surface area contributed by atoms with Gasteiger partial charge in [0, 0.05) is 25.4 Å². The van der Waals surface area contributed by atoms with E-state index in [0.717, 1.165) is 24.4 Å². The molecule has 5 nitrogen and oxygen atoms in total. The zero-order chi connectivity index (χ0) is 12.7. The van der Waals surface area contributed by atoms with E-state index < -0.39 is 0 Å². The minimum atomic E-state index is -0.0554. The fourth-order valence-electron chi connectivity index (χ4n) is 1.60. The van der Waals surface area contributed by atoms with Crippen molar-refractivity contribution in [3.63, 3.8) is 0 Å². The molecule has 1 heterocycles. The molecule has 0 bridgehead atoms. The molecule has 0 aliphatic carbocycles. The quantitative estimate of drug-likeness (QED) is 0.723. The van der Waals surface area contributed by atoms with Crippen LogP contribution in [0.1, 0.15) is 24.7 Å². The van der Waals surface area contributed by atoms with Gasteiger partial charge in [-0.2, -0.15) is 5.10 Å². The highest BCUT2D eigenvalue weighted by atomic mass is 16.5. The summed E-state index contributed by atoms with van der Waals surface area (Å²) in [5, 5.41) is 7.16. The Kier molecular flexibility index (Phi) is 5.69. The van der Waals surface area contributed by atoms with Gasteiger partial charge in [-0.1, -0.05) is 0 Å². The lowest BCUT2D eigenvalue weighted by molar-refractivity contribution is -0.125. The summed E-state index contributed by atoms with van der Waals surface area (Å²) in [7, 11) is 0. The van der Waals surface area contributed by atoms with Crippen molar-refractivity contribution >= 4 is 5.91 Å². The molecule has 96 valence electrons. The molecule has 0 saturated heterocycles. The summed E-state index contributed by atoms with van der Waals surface area (Å²) in [5.74, 6) is -0.0554. The highest BCUT2D eigenvalue weighted by molar-refractivity contribution is 5.77. The van der Waals surface area contributed by atoms with Gasteiger partial charge < -0.3 is 10.1 Å². The minimum absolute atomic E-state index is 0.0554. The van der Waals surface area contributed by atoms with Gasteiger partial charge in [0.2, 0.25) is 5.91 Å². The van der Waals surface area contributed by atoms with Crippen LogP contribution in [-0.4, -0.2) is 35.4 Å². The second-order valence-corrected chi connectivity index (χ2v) is 3.99. The first-order valence-corrected chi connectivity index (χ1v) is 5.99. The van der Waals surface area contributed by atoms with Crippen LogP contribution in [0, 0.1) is 13.8 Å². The van der Waals surface area contributed by atoms with E-state index in [1.807, 2.05) is 31.5 Å². The number of hydrogen-bond acceptors (Lipinski definition) is 3. The van der Waals surface area contributed by atoms with Crippen LogP contribution in [0.5, 0.6) is 0 Å². The highest BCUT2D eigenvalue weighted by Crippen LogP contribution is 2.02. The van der Waals surface area contributed by atoms with Crippen molar-refractivity contribution in [1.29, 1.82) is 0 Å². The summed E-state index contributed by atoms with van der Waals surface area (Å²) in [6.45, 7) is 8.09. The van der Waals surface area contributed by atoms with Crippen LogP contribution < -0.4 is 5.32 Å². The van der Waals surface area contributed by atoms with Crippen LogP contribution >= 0.6 is 0 Å². The Morgan fingerprint density at radius 1 is 1.53 bits per heavy atom. The number of amides is 1. The van der Waals surface area contributed by atoms with Gasteiger partial charge in [0.05, 0.1) is 5.69 Å². The molecule has 1 amide bonds. The third-order valence-corrected chi connectivity index (χ3v) is 2.41. The molecule has 0 aliphatic rings. The molecule has 0 saturated carbocycles. The van der Waals surface area contributed by atoms with E-state index in [-0.39, 0.29) is 12.5 Å². The molecule has 0 atom stereocenters. The molecular formula is C12H21N3O2. The SMILES string of the molecule is CCOCC(=O)NCCCn1nc(C)cc1C. The molecule has 0 spiro atoms. The number of aryl methyl sites for hydroxylation is 3. The average molecular weight is 239 g/mol. The fourth-order valence-corrected chi connectivity index (χ4v) is 1.60.